The van der Waals surface area contributed by atoms with E-state index in [1.165, 1.54) is 31.2 Å². The number of carbonyl (C=O) groups is 2. The number of ether oxygens (including phenoxy) is 1. The molecular weight excluding hydrogens is 452 g/mol. The van der Waals surface area contributed by atoms with E-state index < -0.39 is 24.3 Å². The summed E-state index contributed by atoms with van der Waals surface area (Å²) < 4.78 is 69.2. The van der Waals surface area contributed by atoms with E-state index >= 15 is 0 Å². The maximum absolute atomic E-state index is 10.6. The number of alkyl halides is 6. The highest BCUT2D eigenvalue weighted by molar-refractivity contribution is 5.73. The molecule has 0 radical (unpaired) electrons. The number of fused-ring (bicyclic) bond motifs is 1. The van der Waals surface area contributed by atoms with Gasteiger partial charge in [-0.1, -0.05) is 12.8 Å². The van der Waals surface area contributed by atoms with Crippen molar-refractivity contribution in [2.45, 2.75) is 44.6 Å². The highest BCUT2D eigenvalue weighted by Crippen LogP contribution is 2.24. The van der Waals surface area contributed by atoms with Crippen LogP contribution in [0.1, 0.15) is 31.2 Å². The Kier molecular flexibility index (Phi) is 10.5. The molecule has 0 aromatic carbocycles. The highest BCUT2D eigenvalue weighted by atomic mass is 19.4. The molecule has 3 rings (SSSR count). The van der Waals surface area contributed by atoms with Crippen molar-refractivity contribution in [3.05, 3.63) is 17.7 Å². The Morgan fingerprint density at radius 3 is 1.91 bits per heavy atom. The molecule has 0 unspecified atom stereocenters. The number of carboxylic acid groups (broad SMARTS) is 2. The van der Waals surface area contributed by atoms with E-state index in [9.17, 15) is 26.3 Å². The zero-order chi connectivity index (χ0) is 24.4. The van der Waals surface area contributed by atoms with E-state index in [2.05, 4.69) is 22.3 Å². The first-order valence-corrected chi connectivity index (χ1v) is 9.51. The van der Waals surface area contributed by atoms with Gasteiger partial charge < -0.3 is 25.2 Å². The lowest BCUT2D eigenvalue weighted by Crippen LogP contribution is -2.25. The molecule has 0 saturated carbocycles. The van der Waals surface area contributed by atoms with Gasteiger partial charge in [-0.2, -0.15) is 31.3 Å². The molecule has 8 nitrogen and oxygen atoms in total. The fraction of sp³-hybridized carbons (Fsp3) is 0.611. The van der Waals surface area contributed by atoms with E-state index in [0.29, 0.717) is 6.61 Å². The first-order chi connectivity index (χ1) is 14.8. The number of hydrogen-bond acceptors (Lipinski definition) is 6. The van der Waals surface area contributed by atoms with Gasteiger partial charge in [-0.15, -0.1) is 0 Å². The minimum absolute atomic E-state index is 0.712. The maximum atomic E-state index is 10.6. The van der Waals surface area contributed by atoms with Crippen LogP contribution in [0.15, 0.2) is 12.1 Å². The summed E-state index contributed by atoms with van der Waals surface area (Å²) in [6.07, 6.45) is -4.91. The van der Waals surface area contributed by atoms with Crippen LogP contribution < -0.4 is 15.0 Å². The molecule has 2 aliphatic heterocycles. The second-order valence-electron chi connectivity index (χ2n) is 6.67. The molecule has 3 heterocycles. The summed E-state index contributed by atoms with van der Waals surface area (Å²) in [7, 11) is 0. The van der Waals surface area contributed by atoms with Crippen molar-refractivity contribution in [3.8, 4) is 5.88 Å². The van der Waals surface area contributed by atoms with Crippen LogP contribution in [0.5, 0.6) is 5.88 Å². The van der Waals surface area contributed by atoms with Crippen LogP contribution in [-0.2, 0) is 16.1 Å². The number of aliphatic carboxylic acids is 2. The molecule has 1 aromatic heterocycles. The Morgan fingerprint density at radius 2 is 1.44 bits per heavy atom. The van der Waals surface area contributed by atoms with E-state index in [1.54, 1.807) is 0 Å². The van der Waals surface area contributed by atoms with Gasteiger partial charge in [0.1, 0.15) is 12.4 Å². The quantitative estimate of drug-likeness (QED) is 0.531. The number of nitrogens with one attached hydrogen (secondary N) is 1. The normalized spacial score (nSPS) is 16.5. The molecule has 182 valence electrons. The largest absolute Gasteiger partial charge is 0.490 e. The Bertz CT molecular complexity index is 726. The first-order valence-electron chi connectivity index (χ1n) is 9.51. The minimum atomic E-state index is -5.08. The van der Waals surface area contributed by atoms with E-state index in [0.717, 1.165) is 37.9 Å². The lowest BCUT2D eigenvalue weighted by Gasteiger charge is -2.22. The minimum Gasteiger partial charge on any atom is -0.476 e. The van der Waals surface area contributed by atoms with Crippen LogP contribution >= 0.6 is 0 Å². The topological polar surface area (TPSA) is 112 Å². The fourth-order valence-corrected chi connectivity index (χ4v) is 2.64. The number of nitrogens with zero attached hydrogens (tertiary/aromatic N) is 2. The summed E-state index contributed by atoms with van der Waals surface area (Å²) in [5.41, 5.74) is 1.17. The summed E-state index contributed by atoms with van der Waals surface area (Å²) in [5, 5.41) is 17.6. The molecule has 0 aliphatic carbocycles. The van der Waals surface area contributed by atoms with Gasteiger partial charge in [0.25, 0.3) is 0 Å². The molecule has 1 saturated heterocycles. The van der Waals surface area contributed by atoms with Crippen molar-refractivity contribution in [2.24, 2.45) is 0 Å². The van der Waals surface area contributed by atoms with Gasteiger partial charge in [-0.3, -0.25) is 0 Å². The highest BCUT2D eigenvalue weighted by Gasteiger charge is 2.38. The van der Waals surface area contributed by atoms with Crippen molar-refractivity contribution in [1.82, 2.24) is 10.3 Å². The monoisotopic (exact) mass is 475 g/mol. The van der Waals surface area contributed by atoms with E-state index in [1.807, 2.05) is 0 Å². The zero-order valence-corrected chi connectivity index (χ0v) is 16.8. The van der Waals surface area contributed by atoms with Gasteiger partial charge in [0.05, 0.1) is 0 Å². The number of hydrogen-bond donors (Lipinski definition) is 3. The summed E-state index contributed by atoms with van der Waals surface area (Å²) in [5.74, 6) is -3.61. The van der Waals surface area contributed by atoms with Gasteiger partial charge in [-0.25, -0.2) is 9.59 Å². The number of rotatable bonds is 1. The first kappa shape index (κ1) is 27.3. The summed E-state index contributed by atoms with van der Waals surface area (Å²) in [6.45, 7) is 4.73. The van der Waals surface area contributed by atoms with Gasteiger partial charge in [0.2, 0.25) is 5.88 Å². The standard InChI is InChI=1S/C14H21N3O.2C2HF3O2/c1-2-4-9-17(8-3-1)13-6-5-12-11-15-7-10-18-14(12)16-13;2*3-2(4,5)1(6)7/h5-6,15H,1-4,7-11H2;2*(H,6,7). The van der Waals surface area contributed by atoms with Crippen LogP contribution in [0.2, 0.25) is 0 Å². The predicted octanol–water partition coefficient (Wildman–Crippen LogP) is 3.21. The second-order valence-corrected chi connectivity index (χ2v) is 6.67. The van der Waals surface area contributed by atoms with Crippen LogP contribution in [0.3, 0.4) is 0 Å². The Hall–Kier alpha value is -2.77. The molecule has 0 atom stereocenters. The lowest BCUT2D eigenvalue weighted by atomic mass is 10.2. The predicted molar refractivity (Wildman–Crippen MR) is 99.5 cm³/mol. The van der Waals surface area contributed by atoms with Crippen molar-refractivity contribution >= 4 is 17.8 Å². The van der Waals surface area contributed by atoms with E-state index in [4.69, 9.17) is 29.5 Å². The number of carboxylic acids is 2. The number of aromatic nitrogens is 1. The number of halogens is 6. The molecule has 2 aliphatic rings. The molecule has 0 amide bonds. The molecule has 0 bridgehead atoms. The Labute approximate surface area is 179 Å². The molecule has 32 heavy (non-hydrogen) atoms. The number of anilines is 1. The van der Waals surface area contributed by atoms with E-state index in [-0.39, 0.29) is 0 Å². The molecule has 14 heteroatoms. The fourth-order valence-electron chi connectivity index (χ4n) is 2.64. The summed E-state index contributed by atoms with van der Waals surface area (Å²) in [6, 6.07) is 4.29. The molecule has 0 spiro atoms. The average molecular weight is 475 g/mol. The van der Waals surface area contributed by atoms with Crippen molar-refractivity contribution in [3.63, 3.8) is 0 Å². The molecule has 1 aromatic rings. The maximum Gasteiger partial charge on any atom is 0.490 e. The van der Waals surface area contributed by atoms with Crippen molar-refractivity contribution < 1.29 is 50.9 Å². The summed E-state index contributed by atoms with van der Waals surface area (Å²) in [4.78, 5) is 24.9. The smallest absolute Gasteiger partial charge is 0.476 e. The lowest BCUT2D eigenvalue weighted by molar-refractivity contribution is -0.193. The summed E-state index contributed by atoms with van der Waals surface area (Å²) >= 11 is 0. The third-order valence-electron chi connectivity index (χ3n) is 4.17. The third kappa shape index (κ3) is 10.0. The van der Waals surface area contributed by atoms with Crippen molar-refractivity contribution in [2.75, 3.05) is 31.1 Å². The molecular formula is C18H23F6N3O5. The molecule has 3 N–H and O–H groups in total. The zero-order valence-electron chi connectivity index (χ0n) is 16.8. The van der Waals surface area contributed by atoms with Gasteiger partial charge in [0.15, 0.2) is 0 Å². The van der Waals surface area contributed by atoms with Crippen LogP contribution in [0.25, 0.3) is 0 Å². The SMILES string of the molecule is O=C(O)C(F)(F)F.O=C(O)C(F)(F)F.c1cc2c(nc1N1CCCCCC1)OCCNC2. The van der Waals surface area contributed by atoms with Gasteiger partial charge in [0, 0.05) is 31.7 Å². The Morgan fingerprint density at radius 1 is 0.938 bits per heavy atom. The Balaban J connectivity index is 0.000000305. The second kappa shape index (κ2) is 12.3. The molecule has 1 fully saturated rings. The third-order valence-corrected chi connectivity index (χ3v) is 4.17. The van der Waals surface area contributed by atoms with Crippen molar-refractivity contribution in [1.29, 1.82) is 0 Å². The van der Waals surface area contributed by atoms with Crippen LogP contribution in [0, 0.1) is 0 Å². The van der Waals surface area contributed by atoms with Crippen LogP contribution in [0.4, 0.5) is 32.2 Å². The number of pyridine rings is 1. The average Bonchev–Trinajstić information content (AvgIpc) is 3.10. The van der Waals surface area contributed by atoms with Gasteiger partial charge in [-0.05, 0) is 25.0 Å². The van der Waals surface area contributed by atoms with Crippen LogP contribution in [-0.4, -0.2) is 65.7 Å². The van der Waals surface area contributed by atoms with Gasteiger partial charge >= 0.3 is 24.3 Å².